The average Bonchev–Trinajstić information content (AvgIpc) is 2.63. The van der Waals surface area contributed by atoms with E-state index in [0.29, 0.717) is 31.7 Å². The van der Waals surface area contributed by atoms with Gasteiger partial charge in [-0.3, -0.25) is 4.79 Å². The Morgan fingerprint density at radius 3 is 2.62 bits per heavy atom. The van der Waals surface area contributed by atoms with Crippen LogP contribution in [0.4, 0.5) is 0 Å². The number of carbonyl (C=O) groups is 1. The van der Waals surface area contributed by atoms with Gasteiger partial charge in [-0.05, 0) is 32.8 Å². The van der Waals surface area contributed by atoms with Gasteiger partial charge in [0, 0.05) is 18.7 Å². The molecule has 0 aromatic carbocycles. The van der Waals surface area contributed by atoms with Gasteiger partial charge in [0.25, 0.3) is 5.91 Å². The molecule has 1 fully saturated rings. The summed E-state index contributed by atoms with van der Waals surface area (Å²) in [6, 6.07) is 1.79. The molecule has 88 valence electrons. The molecular formula is C12H17NO3. The summed E-state index contributed by atoms with van der Waals surface area (Å²) in [6.07, 6.45) is 2.78. The summed E-state index contributed by atoms with van der Waals surface area (Å²) in [5.74, 6) is 0.347. The number of likely N-dealkylation sites (tertiary alicyclic amines) is 1. The molecule has 1 aromatic heterocycles. The molecule has 0 spiro atoms. The predicted octanol–water partition coefficient (Wildman–Crippen LogP) is 1.58. The molecule has 1 saturated heterocycles. The van der Waals surface area contributed by atoms with E-state index in [0.717, 1.165) is 5.56 Å². The van der Waals surface area contributed by atoms with Crippen molar-refractivity contribution in [3.63, 3.8) is 0 Å². The number of aliphatic hydroxyl groups is 1. The zero-order valence-corrected chi connectivity index (χ0v) is 9.69. The quantitative estimate of drug-likeness (QED) is 0.786. The number of carbonyl (C=O) groups excluding carboxylic acids is 1. The van der Waals surface area contributed by atoms with Crippen molar-refractivity contribution in [3.8, 4) is 0 Å². The number of rotatable bonds is 1. The van der Waals surface area contributed by atoms with Crippen molar-refractivity contribution in [2.45, 2.75) is 32.3 Å². The molecule has 1 aliphatic heterocycles. The lowest BCUT2D eigenvalue weighted by atomic mass is 9.94. The molecule has 2 heterocycles. The number of hydrogen-bond donors (Lipinski definition) is 1. The van der Waals surface area contributed by atoms with E-state index in [4.69, 9.17) is 4.42 Å². The van der Waals surface area contributed by atoms with Gasteiger partial charge in [-0.1, -0.05) is 0 Å². The maximum atomic E-state index is 12.0. The first kappa shape index (κ1) is 11.2. The summed E-state index contributed by atoms with van der Waals surface area (Å²) < 4.78 is 5.18. The Balaban J connectivity index is 2.05. The Labute approximate surface area is 94.9 Å². The minimum absolute atomic E-state index is 0.0713. The van der Waals surface area contributed by atoms with Crippen LogP contribution in [0.2, 0.25) is 0 Å². The second-order valence-electron chi connectivity index (χ2n) is 4.72. The van der Waals surface area contributed by atoms with Gasteiger partial charge in [-0.2, -0.15) is 0 Å². The summed E-state index contributed by atoms with van der Waals surface area (Å²) >= 11 is 0. The van der Waals surface area contributed by atoms with Crippen molar-refractivity contribution in [2.24, 2.45) is 0 Å². The maximum Gasteiger partial charge on any atom is 0.289 e. The molecule has 0 bridgehead atoms. The van der Waals surface area contributed by atoms with Crippen LogP contribution in [0.3, 0.4) is 0 Å². The Morgan fingerprint density at radius 1 is 1.50 bits per heavy atom. The van der Waals surface area contributed by atoms with E-state index in [9.17, 15) is 9.90 Å². The lowest BCUT2D eigenvalue weighted by Gasteiger charge is -2.35. The molecule has 4 heteroatoms. The standard InChI is InChI=1S/C12H17NO3/c1-9-3-8-16-10(9)11(14)13-6-4-12(2,15)5-7-13/h3,8,15H,4-7H2,1-2H3. The lowest BCUT2D eigenvalue weighted by molar-refractivity contribution is -0.00290. The molecule has 1 aliphatic rings. The molecule has 0 atom stereocenters. The fourth-order valence-electron chi connectivity index (χ4n) is 1.93. The van der Waals surface area contributed by atoms with Gasteiger partial charge in [0.2, 0.25) is 0 Å². The zero-order valence-electron chi connectivity index (χ0n) is 9.69. The van der Waals surface area contributed by atoms with E-state index in [1.54, 1.807) is 11.0 Å². The van der Waals surface area contributed by atoms with Crippen LogP contribution in [-0.4, -0.2) is 34.6 Å². The van der Waals surface area contributed by atoms with Crippen molar-refractivity contribution in [1.82, 2.24) is 4.90 Å². The Bertz CT molecular complexity index is 385. The first-order chi connectivity index (χ1) is 7.49. The van der Waals surface area contributed by atoms with Crippen LogP contribution in [0, 0.1) is 6.92 Å². The van der Waals surface area contributed by atoms with E-state index >= 15 is 0 Å². The molecule has 1 amide bonds. The topological polar surface area (TPSA) is 53.7 Å². The van der Waals surface area contributed by atoms with Crippen LogP contribution in [0.1, 0.15) is 35.9 Å². The summed E-state index contributed by atoms with van der Waals surface area (Å²) in [6.45, 7) is 4.85. The predicted molar refractivity (Wildman–Crippen MR) is 59.2 cm³/mol. The fourth-order valence-corrected chi connectivity index (χ4v) is 1.93. The van der Waals surface area contributed by atoms with Crippen LogP contribution >= 0.6 is 0 Å². The lowest BCUT2D eigenvalue weighted by Crippen LogP contribution is -2.45. The summed E-state index contributed by atoms with van der Waals surface area (Å²) in [4.78, 5) is 13.8. The summed E-state index contributed by atoms with van der Waals surface area (Å²) in [5.41, 5.74) is 0.233. The van der Waals surface area contributed by atoms with Gasteiger partial charge < -0.3 is 14.4 Å². The Hall–Kier alpha value is -1.29. The van der Waals surface area contributed by atoms with Gasteiger partial charge >= 0.3 is 0 Å². The normalized spacial score (nSPS) is 19.8. The van der Waals surface area contributed by atoms with Crippen LogP contribution in [0.15, 0.2) is 16.7 Å². The minimum atomic E-state index is -0.630. The van der Waals surface area contributed by atoms with Gasteiger partial charge in [-0.25, -0.2) is 0 Å². The molecule has 0 radical (unpaired) electrons. The van der Waals surface area contributed by atoms with Crippen LogP contribution in [-0.2, 0) is 0 Å². The Kier molecular flexibility index (Phi) is 2.76. The van der Waals surface area contributed by atoms with Gasteiger partial charge in [-0.15, -0.1) is 0 Å². The third-order valence-electron chi connectivity index (χ3n) is 3.18. The van der Waals surface area contributed by atoms with Crippen LogP contribution < -0.4 is 0 Å². The second kappa shape index (κ2) is 3.94. The molecule has 2 rings (SSSR count). The maximum absolute atomic E-state index is 12.0. The summed E-state index contributed by atoms with van der Waals surface area (Å²) in [7, 11) is 0. The molecule has 0 unspecified atom stereocenters. The highest BCUT2D eigenvalue weighted by Crippen LogP contribution is 2.23. The third-order valence-corrected chi connectivity index (χ3v) is 3.18. The van der Waals surface area contributed by atoms with Crippen LogP contribution in [0.25, 0.3) is 0 Å². The van der Waals surface area contributed by atoms with E-state index < -0.39 is 5.60 Å². The molecular weight excluding hydrogens is 206 g/mol. The van der Waals surface area contributed by atoms with Crippen molar-refractivity contribution < 1.29 is 14.3 Å². The highest BCUT2D eigenvalue weighted by molar-refractivity contribution is 5.92. The molecule has 16 heavy (non-hydrogen) atoms. The number of nitrogens with zero attached hydrogens (tertiary/aromatic N) is 1. The number of piperidine rings is 1. The number of hydrogen-bond acceptors (Lipinski definition) is 3. The average molecular weight is 223 g/mol. The van der Waals surface area contributed by atoms with E-state index in [-0.39, 0.29) is 5.91 Å². The SMILES string of the molecule is Cc1ccoc1C(=O)N1CCC(C)(O)CC1. The Morgan fingerprint density at radius 2 is 2.12 bits per heavy atom. The van der Waals surface area contributed by atoms with E-state index in [1.165, 1.54) is 6.26 Å². The highest BCUT2D eigenvalue weighted by Gasteiger charge is 2.31. The summed E-state index contributed by atoms with van der Waals surface area (Å²) in [5, 5.41) is 9.80. The largest absolute Gasteiger partial charge is 0.459 e. The molecule has 1 aromatic rings. The first-order valence-electron chi connectivity index (χ1n) is 5.55. The third kappa shape index (κ3) is 2.11. The van der Waals surface area contributed by atoms with Gasteiger partial charge in [0.1, 0.15) is 0 Å². The zero-order chi connectivity index (χ0) is 11.8. The van der Waals surface area contributed by atoms with Gasteiger partial charge in [0.05, 0.1) is 11.9 Å². The number of aryl methyl sites for hydroxylation is 1. The molecule has 4 nitrogen and oxygen atoms in total. The van der Waals surface area contributed by atoms with Crippen LogP contribution in [0.5, 0.6) is 0 Å². The fraction of sp³-hybridized carbons (Fsp3) is 0.583. The minimum Gasteiger partial charge on any atom is -0.459 e. The number of furan rings is 1. The van der Waals surface area contributed by atoms with E-state index in [2.05, 4.69) is 0 Å². The van der Waals surface area contributed by atoms with Gasteiger partial charge in [0.15, 0.2) is 5.76 Å². The number of amides is 1. The molecule has 0 aliphatic carbocycles. The smallest absolute Gasteiger partial charge is 0.289 e. The first-order valence-corrected chi connectivity index (χ1v) is 5.55. The molecule has 1 N–H and O–H groups in total. The second-order valence-corrected chi connectivity index (χ2v) is 4.72. The van der Waals surface area contributed by atoms with Crippen molar-refractivity contribution >= 4 is 5.91 Å². The monoisotopic (exact) mass is 223 g/mol. The van der Waals surface area contributed by atoms with Crippen molar-refractivity contribution in [1.29, 1.82) is 0 Å². The molecule has 0 saturated carbocycles. The highest BCUT2D eigenvalue weighted by atomic mass is 16.3. The van der Waals surface area contributed by atoms with Crippen molar-refractivity contribution in [3.05, 3.63) is 23.7 Å². The van der Waals surface area contributed by atoms with Crippen molar-refractivity contribution in [2.75, 3.05) is 13.1 Å². The van der Waals surface area contributed by atoms with E-state index in [1.807, 2.05) is 13.8 Å².